The molecule has 0 radical (unpaired) electrons. The second-order valence-corrected chi connectivity index (χ2v) is 6.43. The summed E-state index contributed by atoms with van der Waals surface area (Å²) in [7, 11) is 6.59. The van der Waals surface area contributed by atoms with Gasteiger partial charge in [0.1, 0.15) is 0 Å². The number of methoxy groups -OCH3 is 3. The predicted octanol–water partition coefficient (Wildman–Crippen LogP) is 3.40. The second kappa shape index (κ2) is 7.68. The van der Waals surface area contributed by atoms with Crippen LogP contribution in [0.5, 0.6) is 17.2 Å². The van der Waals surface area contributed by atoms with Gasteiger partial charge < -0.3 is 19.1 Å². The zero-order valence-electron chi connectivity index (χ0n) is 15.7. The normalized spacial score (nSPS) is 15.3. The number of aryl methyl sites for hydroxylation is 1. The lowest BCUT2D eigenvalue weighted by Crippen LogP contribution is -2.31. The quantitative estimate of drug-likeness (QED) is 0.797. The summed E-state index contributed by atoms with van der Waals surface area (Å²) < 4.78 is 16.2. The van der Waals surface area contributed by atoms with Crippen LogP contribution < -0.4 is 14.2 Å². The lowest BCUT2D eigenvalue weighted by Gasteiger charge is -2.26. The van der Waals surface area contributed by atoms with Gasteiger partial charge in [-0.15, -0.1) is 0 Å². The van der Waals surface area contributed by atoms with Crippen LogP contribution in [0.15, 0.2) is 36.4 Å². The number of fused-ring (bicyclic) bond motifs is 1. The van der Waals surface area contributed by atoms with Crippen molar-refractivity contribution in [3.8, 4) is 17.2 Å². The summed E-state index contributed by atoms with van der Waals surface area (Å²) in [5, 5.41) is 0. The van der Waals surface area contributed by atoms with Gasteiger partial charge in [-0.2, -0.15) is 0 Å². The van der Waals surface area contributed by atoms with Gasteiger partial charge >= 0.3 is 0 Å². The molecule has 0 aromatic heterocycles. The van der Waals surface area contributed by atoms with Gasteiger partial charge in [-0.1, -0.05) is 30.3 Å². The highest BCUT2D eigenvalue weighted by Gasteiger charge is 2.29. The molecule has 0 unspecified atom stereocenters. The smallest absolute Gasteiger partial charge is 0.227 e. The third kappa shape index (κ3) is 3.21. The summed E-state index contributed by atoms with van der Waals surface area (Å²) in [5.74, 6) is 1.69. The molecule has 2 aromatic carbocycles. The van der Waals surface area contributed by atoms with Gasteiger partial charge in [0.05, 0.1) is 33.8 Å². The van der Waals surface area contributed by atoms with Crippen molar-refractivity contribution in [2.45, 2.75) is 25.3 Å². The Morgan fingerprint density at radius 2 is 1.77 bits per heavy atom. The molecule has 1 aliphatic carbocycles. The molecule has 138 valence electrons. The number of carbonyl (C=O) groups is 1. The van der Waals surface area contributed by atoms with Crippen molar-refractivity contribution in [1.29, 1.82) is 0 Å². The van der Waals surface area contributed by atoms with E-state index in [0.717, 1.165) is 18.4 Å². The minimum atomic E-state index is 0.0530. The maximum Gasteiger partial charge on any atom is 0.227 e. The number of rotatable bonds is 6. The average molecular weight is 355 g/mol. The Morgan fingerprint density at radius 1 is 1.04 bits per heavy atom. The van der Waals surface area contributed by atoms with E-state index in [1.54, 1.807) is 27.4 Å². The number of carbonyl (C=O) groups excluding carboxylic acids is 1. The van der Waals surface area contributed by atoms with Crippen LogP contribution in [0.3, 0.4) is 0 Å². The summed E-state index contributed by atoms with van der Waals surface area (Å²) >= 11 is 0. The Kier molecular flexibility index (Phi) is 5.35. The van der Waals surface area contributed by atoms with E-state index < -0.39 is 0 Å². The monoisotopic (exact) mass is 355 g/mol. The Hall–Kier alpha value is -2.69. The molecule has 0 fully saturated rings. The van der Waals surface area contributed by atoms with Gasteiger partial charge in [-0.25, -0.2) is 0 Å². The molecule has 0 aliphatic heterocycles. The highest BCUT2D eigenvalue weighted by atomic mass is 16.5. The third-order valence-electron chi connectivity index (χ3n) is 5.09. The second-order valence-electron chi connectivity index (χ2n) is 6.43. The fourth-order valence-corrected chi connectivity index (χ4v) is 3.70. The standard InChI is InChI=1S/C21H25NO4/c1-22(17-11-9-14-7-5-6-8-16(14)17)19(23)13-15-10-12-18(24-2)21(26-4)20(15)25-3/h5-8,10,12,17H,9,11,13H2,1-4H3/t17-/m1/s1. The predicted molar refractivity (Wildman–Crippen MR) is 100 cm³/mol. The van der Waals surface area contributed by atoms with Crippen molar-refractivity contribution in [2.24, 2.45) is 0 Å². The van der Waals surface area contributed by atoms with Crippen molar-refractivity contribution in [3.05, 3.63) is 53.1 Å². The fourth-order valence-electron chi connectivity index (χ4n) is 3.70. The molecule has 26 heavy (non-hydrogen) atoms. The summed E-state index contributed by atoms with van der Waals surface area (Å²) in [6.45, 7) is 0. The molecular weight excluding hydrogens is 330 g/mol. The number of ether oxygens (including phenoxy) is 3. The van der Waals surface area contributed by atoms with Crippen LogP contribution in [0.1, 0.15) is 29.2 Å². The molecule has 0 saturated heterocycles. The highest BCUT2D eigenvalue weighted by molar-refractivity contribution is 5.80. The number of likely N-dealkylation sites (N-methyl/N-ethyl adjacent to an activating group) is 1. The van der Waals surface area contributed by atoms with E-state index in [0.29, 0.717) is 17.2 Å². The average Bonchev–Trinajstić information content (AvgIpc) is 3.10. The van der Waals surface area contributed by atoms with E-state index in [2.05, 4.69) is 18.2 Å². The van der Waals surface area contributed by atoms with E-state index in [4.69, 9.17) is 14.2 Å². The van der Waals surface area contributed by atoms with Crippen LogP contribution in [0, 0.1) is 0 Å². The summed E-state index contributed by atoms with van der Waals surface area (Å²) in [5.41, 5.74) is 3.37. The molecule has 0 N–H and O–H groups in total. The zero-order chi connectivity index (χ0) is 18.7. The highest BCUT2D eigenvalue weighted by Crippen LogP contribution is 2.40. The van der Waals surface area contributed by atoms with Crippen molar-refractivity contribution < 1.29 is 19.0 Å². The van der Waals surface area contributed by atoms with Crippen LogP contribution in [-0.4, -0.2) is 39.2 Å². The molecule has 0 saturated carbocycles. The SMILES string of the molecule is COc1ccc(CC(=O)N(C)[C@@H]2CCc3ccccc32)c(OC)c1OC. The minimum Gasteiger partial charge on any atom is -0.493 e. The fraction of sp³-hybridized carbons (Fsp3) is 0.381. The molecule has 0 heterocycles. The largest absolute Gasteiger partial charge is 0.493 e. The van der Waals surface area contributed by atoms with Crippen LogP contribution in [0.4, 0.5) is 0 Å². The van der Waals surface area contributed by atoms with Crippen LogP contribution in [0.25, 0.3) is 0 Å². The first-order valence-electron chi connectivity index (χ1n) is 8.72. The van der Waals surface area contributed by atoms with Crippen molar-refractivity contribution >= 4 is 5.91 Å². The molecule has 1 atom stereocenters. The molecule has 1 aliphatic rings. The number of nitrogens with zero attached hydrogens (tertiary/aromatic N) is 1. The summed E-state index contributed by atoms with van der Waals surface area (Å²) in [6, 6.07) is 12.1. The molecule has 0 bridgehead atoms. The van der Waals surface area contributed by atoms with Crippen LogP contribution in [-0.2, 0) is 17.6 Å². The molecule has 5 nitrogen and oxygen atoms in total. The van der Waals surface area contributed by atoms with Crippen LogP contribution >= 0.6 is 0 Å². The van der Waals surface area contributed by atoms with E-state index in [-0.39, 0.29) is 18.4 Å². The molecule has 1 amide bonds. The topological polar surface area (TPSA) is 48.0 Å². The third-order valence-corrected chi connectivity index (χ3v) is 5.09. The number of benzene rings is 2. The lowest BCUT2D eigenvalue weighted by molar-refractivity contribution is -0.131. The number of hydrogen-bond acceptors (Lipinski definition) is 4. The van der Waals surface area contributed by atoms with Gasteiger partial charge in [-0.05, 0) is 30.0 Å². The van der Waals surface area contributed by atoms with Crippen molar-refractivity contribution in [2.75, 3.05) is 28.4 Å². The zero-order valence-corrected chi connectivity index (χ0v) is 15.7. The van der Waals surface area contributed by atoms with Crippen LogP contribution in [0.2, 0.25) is 0 Å². The van der Waals surface area contributed by atoms with E-state index >= 15 is 0 Å². The Labute approximate surface area is 154 Å². The van der Waals surface area contributed by atoms with Crippen molar-refractivity contribution in [3.63, 3.8) is 0 Å². The maximum atomic E-state index is 12.9. The van der Waals surface area contributed by atoms with Gasteiger partial charge in [-0.3, -0.25) is 4.79 Å². The first-order valence-corrected chi connectivity index (χ1v) is 8.72. The Balaban J connectivity index is 1.82. The van der Waals surface area contributed by atoms with E-state index in [1.165, 1.54) is 11.1 Å². The maximum absolute atomic E-state index is 12.9. The minimum absolute atomic E-state index is 0.0530. The molecule has 5 heteroatoms. The van der Waals surface area contributed by atoms with E-state index in [1.807, 2.05) is 24.1 Å². The van der Waals surface area contributed by atoms with Gasteiger partial charge in [0.15, 0.2) is 11.5 Å². The molecular formula is C21H25NO4. The van der Waals surface area contributed by atoms with E-state index in [9.17, 15) is 4.79 Å². The Morgan fingerprint density at radius 3 is 2.46 bits per heavy atom. The first-order chi connectivity index (χ1) is 12.6. The van der Waals surface area contributed by atoms with Gasteiger partial charge in [0, 0.05) is 12.6 Å². The Bertz CT molecular complexity index is 803. The molecule has 0 spiro atoms. The molecule has 2 aromatic rings. The summed E-state index contributed by atoms with van der Waals surface area (Å²) in [4.78, 5) is 14.8. The molecule has 3 rings (SSSR count). The summed E-state index contributed by atoms with van der Waals surface area (Å²) in [6.07, 6.45) is 2.22. The number of hydrogen-bond donors (Lipinski definition) is 0. The van der Waals surface area contributed by atoms with Gasteiger partial charge in [0.2, 0.25) is 11.7 Å². The first kappa shape index (κ1) is 18.1. The lowest BCUT2D eigenvalue weighted by atomic mass is 10.0. The van der Waals surface area contributed by atoms with Crippen molar-refractivity contribution in [1.82, 2.24) is 4.90 Å². The van der Waals surface area contributed by atoms with Gasteiger partial charge in [0.25, 0.3) is 0 Å². The number of amides is 1.